The first-order valence-electron chi connectivity index (χ1n) is 9.69. The van der Waals surface area contributed by atoms with E-state index in [-0.39, 0.29) is 11.7 Å². The maximum absolute atomic E-state index is 13.0. The number of hydrogen-bond acceptors (Lipinski definition) is 4. The minimum Gasteiger partial charge on any atom is -0.336 e. The Morgan fingerprint density at radius 2 is 1.79 bits per heavy atom. The molecule has 28 heavy (non-hydrogen) atoms. The lowest BCUT2D eigenvalue weighted by atomic mass is 9.86. The first-order valence-corrected chi connectivity index (χ1v) is 10.7. The van der Waals surface area contributed by atoms with Crippen LogP contribution in [0, 0.1) is 5.92 Å². The number of carbonyl (C=O) groups excluding carboxylic acids is 1. The van der Waals surface area contributed by atoms with E-state index in [4.69, 9.17) is 0 Å². The fourth-order valence-electron chi connectivity index (χ4n) is 3.92. The van der Waals surface area contributed by atoms with E-state index in [9.17, 15) is 18.0 Å². The minimum absolute atomic E-state index is 0.0516. The van der Waals surface area contributed by atoms with Gasteiger partial charge < -0.3 is 4.90 Å². The van der Waals surface area contributed by atoms with E-state index in [0.29, 0.717) is 28.8 Å². The van der Waals surface area contributed by atoms with Crippen molar-refractivity contribution < 1.29 is 18.0 Å². The summed E-state index contributed by atoms with van der Waals surface area (Å²) in [6.07, 6.45) is 3.01. The number of hydrogen-bond donors (Lipinski definition) is 0. The van der Waals surface area contributed by atoms with Crippen LogP contribution in [-0.2, 0) is 11.0 Å². The monoisotopic (exact) mass is 412 g/mol. The van der Waals surface area contributed by atoms with Crippen LogP contribution in [0.5, 0.6) is 0 Å². The maximum atomic E-state index is 13.0. The first-order chi connectivity index (χ1) is 13.3. The van der Waals surface area contributed by atoms with E-state index >= 15 is 0 Å². The van der Waals surface area contributed by atoms with E-state index in [1.807, 2.05) is 4.90 Å². The van der Waals surface area contributed by atoms with Gasteiger partial charge in [-0.1, -0.05) is 18.7 Å². The Morgan fingerprint density at radius 3 is 2.39 bits per heavy atom. The van der Waals surface area contributed by atoms with Crippen molar-refractivity contribution in [3.8, 4) is 0 Å². The van der Waals surface area contributed by atoms with Crippen molar-refractivity contribution in [3.05, 3.63) is 23.9 Å². The Morgan fingerprint density at radius 1 is 1.14 bits per heavy atom. The second-order valence-electron chi connectivity index (χ2n) is 7.86. The molecule has 0 spiro atoms. The molecule has 2 aromatic heterocycles. The average molecular weight is 412 g/mol. The molecule has 2 aliphatic carbocycles. The summed E-state index contributed by atoms with van der Waals surface area (Å²) in [7, 11) is 0. The molecule has 2 heterocycles. The van der Waals surface area contributed by atoms with Crippen LogP contribution in [0.2, 0.25) is 0 Å². The van der Waals surface area contributed by atoms with E-state index in [1.54, 1.807) is 0 Å². The summed E-state index contributed by atoms with van der Waals surface area (Å²) in [5.41, 5.74) is -0.424. The Bertz CT molecular complexity index is 856. The zero-order valence-electron chi connectivity index (χ0n) is 15.7. The summed E-state index contributed by atoms with van der Waals surface area (Å²) < 4.78 is 40.3. The highest BCUT2D eigenvalue weighted by molar-refractivity contribution is 7.99. The smallest absolute Gasteiger partial charge is 0.336 e. The molecule has 0 bridgehead atoms. The predicted molar refractivity (Wildman–Crippen MR) is 100 cm³/mol. The Hall–Kier alpha value is -1.77. The van der Waals surface area contributed by atoms with Gasteiger partial charge in [0.05, 0.1) is 11.3 Å². The molecule has 0 saturated heterocycles. The van der Waals surface area contributed by atoms with Crippen LogP contribution < -0.4 is 0 Å². The molecule has 0 unspecified atom stereocenters. The van der Waals surface area contributed by atoms with E-state index in [0.717, 1.165) is 62.6 Å². The second kappa shape index (κ2) is 7.57. The molecule has 0 N–H and O–H groups in total. The molecular formula is C19H23F3N4OS. The molecule has 0 aromatic carbocycles. The fraction of sp³-hybridized carbons (Fsp3) is 0.632. The zero-order valence-corrected chi connectivity index (χ0v) is 16.5. The highest BCUT2D eigenvalue weighted by Gasteiger charge is 2.38. The number of fused-ring (bicyclic) bond motifs is 1. The van der Waals surface area contributed by atoms with E-state index < -0.39 is 11.7 Å². The van der Waals surface area contributed by atoms with Gasteiger partial charge >= 0.3 is 6.18 Å². The molecule has 152 valence electrons. The van der Waals surface area contributed by atoms with E-state index in [2.05, 4.69) is 17.1 Å². The van der Waals surface area contributed by atoms with Gasteiger partial charge in [-0.3, -0.25) is 9.20 Å². The second-order valence-corrected chi connectivity index (χ2v) is 8.80. The van der Waals surface area contributed by atoms with Gasteiger partial charge in [-0.25, -0.2) is 0 Å². The van der Waals surface area contributed by atoms with Crippen LogP contribution in [0.15, 0.2) is 23.5 Å². The number of rotatable bonds is 5. The predicted octanol–water partition coefficient (Wildman–Crippen LogP) is 4.41. The quantitative estimate of drug-likeness (QED) is 0.683. The lowest BCUT2D eigenvalue weighted by molar-refractivity contribution is -0.138. The third kappa shape index (κ3) is 4.14. The highest BCUT2D eigenvalue weighted by Crippen LogP contribution is 2.36. The maximum Gasteiger partial charge on any atom is 0.417 e. The Balaban J connectivity index is 1.46. The summed E-state index contributed by atoms with van der Waals surface area (Å²) >= 11 is 1.15. The summed E-state index contributed by atoms with van der Waals surface area (Å²) in [6, 6.07) is 2.91. The first kappa shape index (κ1) is 19.5. The summed E-state index contributed by atoms with van der Waals surface area (Å²) in [5.74, 6) is 0.933. The molecule has 0 aliphatic heterocycles. The van der Waals surface area contributed by atoms with Crippen molar-refractivity contribution in [2.24, 2.45) is 5.92 Å². The molecule has 4 rings (SSSR count). The van der Waals surface area contributed by atoms with Crippen LogP contribution in [-0.4, -0.2) is 43.2 Å². The zero-order chi connectivity index (χ0) is 19.9. The molecule has 0 atom stereocenters. The molecule has 2 aliphatic rings. The molecule has 2 aromatic rings. The summed E-state index contributed by atoms with van der Waals surface area (Å²) in [5, 5.41) is 8.19. The number of thioether (sulfide) groups is 1. The Labute approximate surface area is 165 Å². The number of pyridine rings is 1. The van der Waals surface area contributed by atoms with Crippen LogP contribution >= 0.6 is 11.8 Å². The van der Waals surface area contributed by atoms with Gasteiger partial charge in [0.15, 0.2) is 10.8 Å². The van der Waals surface area contributed by atoms with Crippen LogP contribution in [0.1, 0.15) is 51.0 Å². The van der Waals surface area contributed by atoms with Gasteiger partial charge in [-0.2, -0.15) is 13.2 Å². The van der Waals surface area contributed by atoms with Crippen molar-refractivity contribution in [3.63, 3.8) is 0 Å². The molecular weight excluding hydrogens is 389 g/mol. The van der Waals surface area contributed by atoms with E-state index in [1.165, 1.54) is 10.5 Å². The summed E-state index contributed by atoms with van der Waals surface area (Å²) in [6.45, 7) is 2.25. The molecule has 9 heteroatoms. The molecule has 0 radical (unpaired) electrons. The fourth-order valence-corrected chi connectivity index (χ4v) is 4.70. The van der Waals surface area contributed by atoms with Gasteiger partial charge in [0.2, 0.25) is 5.91 Å². The third-order valence-electron chi connectivity index (χ3n) is 5.63. The molecule has 2 saturated carbocycles. The number of nitrogens with zero attached hydrogens (tertiary/aromatic N) is 4. The number of amides is 1. The third-order valence-corrected chi connectivity index (χ3v) is 6.56. The van der Waals surface area contributed by atoms with Gasteiger partial charge in [0.25, 0.3) is 0 Å². The number of halogens is 3. The molecule has 1 amide bonds. The Kier molecular flexibility index (Phi) is 5.28. The highest BCUT2D eigenvalue weighted by atomic mass is 32.2. The van der Waals surface area contributed by atoms with Crippen LogP contribution in [0.25, 0.3) is 5.65 Å². The standard InChI is InChI=1S/C19H23F3N4OS/c1-12-2-5-14(6-3-12)26(15-7-8-15)17(27)11-28-18-24-23-16-9-4-13(10-25(16)18)19(20,21)22/h4,9-10,12,14-15H,2-3,5-8,11H2,1H3. The van der Waals surface area contributed by atoms with Crippen LogP contribution in [0.4, 0.5) is 13.2 Å². The van der Waals surface area contributed by atoms with Gasteiger partial charge in [-0.15, -0.1) is 10.2 Å². The van der Waals surface area contributed by atoms with Gasteiger partial charge in [0.1, 0.15) is 0 Å². The van der Waals surface area contributed by atoms with Crippen molar-refractivity contribution in [1.82, 2.24) is 19.5 Å². The van der Waals surface area contributed by atoms with Gasteiger partial charge in [-0.05, 0) is 56.6 Å². The average Bonchev–Trinajstić information content (AvgIpc) is 3.40. The number of aromatic nitrogens is 3. The molecule has 5 nitrogen and oxygen atoms in total. The van der Waals surface area contributed by atoms with Crippen molar-refractivity contribution in [2.45, 2.75) is 68.9 Å². The normalized spacial score (nSPS) is 23.1. The SMILES string of the molecule is CC1CCC(N(C(=O)CSc2nnc3ccc(C(F)(F)F)cn23)C2CC2)CC1. The number of alkyl halides is 3. The minimum atomic E-state index is -4.43. The lowest BCUT2D eigenvalue weighted by Crippen LogP contribution is -2.44. The largest absolute Gasteiger partial charge is 0.417 e. The van der Waals surface area contributed by atoms with Crippen molar-refractivity contribution in [1.29, 1.82) is 0 Å². The molecule has 2 fully saturated rings. The summed E-state index contributed by atoms with van der Waals surface area (Å²) in [4.78, 5) is 15.0. The topological polar surface area (TPSA) is 50.5 Å². The van der Waals surface area contributed by atoms with Gasteiger partial charge in [0, 0.05) is 18.3 Å². The number of carbonyl (C=O) groups is 1. The van der Waals surface area contributed by atoms with Crippen LogP contribution in [0.3, 0.4) is 0 Å². The van der Waals surface area contributed by atoms with Crippen molar-refractivity contribution in [2.75, 3.05) is 5.75 Å². The van der Waals surface area contributed by atoms with Crippen molar-refractivity contribution >= 4 is 23.3 Å². The lowest BCUT2D eigenvalue weighted by Gasteiger charge is -2.36.